The molecule has 0 aliphatic heterocycles. The van der Waals surface area contributed by atoms with Gasteiger partial charge in [0.15, 0.2) is 0 Å². The second kappa shape index (κ2) is 8.08. The molecular formula is C18H23NO2S. The van der Waals surface area contributed by atoms with Gasteiger partial charge in [-0.05, 0) is 30.5 Å². The van der Waals surface area contributed by atoms with Crippen LogP contribution in [0.1, 0.15) is 38.1 Å². The molecule has 0 aliphatic carbocycles. The molecule has 2 aromatic rings. The van der Waals surface area contributed by atoms with Crippen molar-refractivity contribution in [3.05, 3.63) is 60.1 Å². The van der Waals surface area contributed by atoms with Crippen molar-refractivity contribution in [2.45, 2.75) is 37.8 Å². The summed E-state index contributed by atoms with van der Waals surface area (Å²) in [5.41, 5.74) is 1.12. The molecule has 1 amide bonds. The standard InChI is InChI=1S/C18H23NO2S/c1-13(2)17(22-12-16-10-7-11-21-16)18(20)19-14(3)15-8-5-4-6-9-15/h4-11,13-14,17H,12H2,1-3H3,(H,19,20). The first-order valence-electron chi connectivity index (χ1n) is 7.57. The fraction of sp³-hybridized carbons (Fsp3) is 0.389. The summed E-state index contributed by atoms with van der Waals surface area (Å²) in [5, 5.41) is 3.03. The molecule has 1 heterocycles. The molecule has 118 valence electrons. The van der Waals surface area contributed by atoms with Gasteiger partial charge in [-0.15, -0.1) is 11.8 Å². The minimum atomic E-state index is -0.0868. The van der Waals surface area contributed by atoms with Gasteiger partial charge in [0.1, 0.15) is 5.76 Å². The summed E-state index contributed by atoms with van der Waals surface area (Å²) in [7, 11) is 0. The number of hydrogen-bond donors (Lipinski definition) is 1. The molecule has 0 saturated carbocycles. The molecule has 1 N–H and O–H groups in total. The average molecular weight is 317 g/mol. The number of thioether (sulfide) groups is 1. The summed E-state index contributed by atoms with van der Waals surface area (Å²) < 4.78 is 5.34. The van der Waals surface area contributed by atoms with Crippen molar-refractivity contribution in [2.24, 2.45) is 5.92 Å². The van der Waals surface area contributed by atoms with Gasteiger partial charge in [-0.3, -0.25) is 4.79 Å². The maximum Gasteiger partial charge on any atom is 0.233 e. The Morgan fingerprint density at radius 3 is 2.45 bits per heavy atom. The highest BCUT2D eigenvalue weighted by molar-refractivity contribution is 7.99. The third-order valence-corrected chi connectivity index (χ3v) is 5.08. The fourth-order valence-electron chi connectivity index (χ4n) is 2.26. The van der Waals surface area contributed by atoms with E-state index in [2.05, 4.69) is 19.2 Å². The fourth-order valence-corrected chi connectivity index (χ4v) is 3.37. The van der Waals surface area contributed by atoms with Gasteiger partial charge >= 0.3 is 0 Å². The van der Waals surface area contributed by atoms with E-state index < -0.39 is 0 Å². The molecule has 2 unspecified atom stereocenters. The summed E-state index contributed by atoms with van der Waals surface area (Å²) in [5.74, 6) is 1.97. The van der Waals surface area contributed by atoms with E-state index in [0.717, 1.165) is 11.3 Å². The zero-order chi connectivity index (χ0) is 15.9. The molecule has 4 heteroatoms. The van der Waals surface area contributed by atoms with Crippen molar-refractivity contribution in [3.63, 3.8) is 0 Å². The normalized spacial score (nSPS) is 13.8. The maximum atomic E-state index is 12.6. The van der Waals surface area contributed by atoms with E-state index in [4.69, 9.17) is 4.42 Å². The molecule has 3 nitrogen and oxygen atoms in total. The van der Waals surface area contributed by atoms with Crippen molar-refractivity contribution in [1.82, 2.24) is 5.32 Å². The van der Waals surface area contributed by atoms with Gasteiger partial charge in [-0.25, -0.2) is 0 Å². The lowest BCUT2D eigenvalue weighted by atomic mass is 10.1. The van der Waals surface area contributed by atoms with E-state index in [9.17, 15) is 4.79 Å². The molecule has 0 aliphatic rings. The predicted molar refractivity (Wildman–Crippen MR) is 91.6 cm³/mol. The Bertz CT molecular complexity index is 566. The van der Waals surface area contributed by atoms with Crippen molar-refractivity contribution in [3.8, 4) is 0 Å². The maximum absolute atomic E-state index is 12.6. The van der Waals surface area contributed by atoms with Crippen LogP contribution in [0.5, 0.6) is 0 Å². The van der Waals surface area contributed by atoms with Crippen molar-refractivity contribution in [2.75, 3.05) is 0 Å². The van der Waals surface area contributed by atoms with Gasteiger partial charge in [0.2, 0.25) is 5.91 Å². The Balaban J connectivity index is 1.94. The van der Waals surface area contributed by atoms with Crippen LogP contribution < -0.4 is 5.32 Å². The minimum Gasteiger partial charge on any atom is -0.468 e. The van der Waals surface area contributed by atoms with E-state index in [1.165, 1.54) is 0 Å². The number of hydrogen-bond acceptors (Lipinski definition) is 3. The Morgan fingerprint density at radius 1 is 1.14 bits per heavy atom. The molecule has 0 fully saturated rings. The molecule has 0 radical (unpaired) electrons. The van der Waals surface area contributed by atoms with Crippen LogP contribution in [0.3, 0.4) is 0 Å². The second-order valence-corrected chi connectivity index (χ2v) is 6.83. The molecule has 1 aromatic heterocycles. The number of amides is 1. The molecule has 22 heavy (non-hydrogen) atoms. The number of carbonyl (C=O) groups excluding carboxylic acids is 1. The summed E-state index contributed by atoms with van der Waals surface area (Å²) in [6.45, 7) is 6.17. The number of benzene rings is 1. The van der Waals surface area contributed by atoms with Crippen LogP contribution >= 0.6 is 11.8 Å². The van der Waals surface area contributed by atoms with E-state index in [-0.39, 0.29) is 23.1 Å². The van der Waals surface area contributed by atoms with E-state index in [1.54, 1.807) is 18.0 Å². The summed E-state index contributed by atoms with van der Waals surface area (Å²) >= 11 is 1.63. The van der Waals surface area contributed by atoms with Crippen LogP contribution in [0, 0.1) is 5.92 Å². The Hall–Kier alpha value is -1.68. The average Bonchev–Trinajstić information content (AvgIpc) is 3.01. The molecule has 0 saturated heterocycles. The monoisotopic (exact) mass is 317 g/mol. The number of rotatable bonds is 7. The molecule has 0 spiro atoms. The van der Waals surface area contributed by atoms with E-state index >= 15 is 0 Å². The topological polar surface area (TPSA) is 42.2 Å². The van der Waals surface area contributed by atoms with E-state index in [0.29, 0.717) is 5.75 Å². The smallest absolute Gasteiger partial charge is 0.233 e. The number of carbonyl (C=O) groups is 1. The van der Waals surface area contributed by atoms with Crippen LogP contribution in [0.15, 0.2) is 53.1 Å². The van der Waals surface area contributed by atoms with Gasteiger partial charge in [-0.1, -0.05) is 44.2 Å². The Morgan fingerprint density at radius 2 is 1.86 bits per heavy atom. The van der Waals surface area contributed by atoms with Crippen LogP contribution in [0.25, 0.3) is 0 Å². The molecular weight excluding hydrogens is 294 g/mol. The third-order valence-electron chi connectivity index (χ3n) is 3.51. The largest absolute Gasteiger partial charge is 0.468 e. The molecule has 0 bridgehead atoms. The van der Waals surface area contributed by atoms with Crippen molar-refractivity contribution < 1.29 is 9.21 Å². The lowest BCUT2D eigenvalue weighted by molar-refractivity contribution is -0.121. The highest BCUT2D eigenvalue weighted by atomic mass is 32.2. The SMILES string of the molecule is CC(NC(=O)C(SCc1ccco1)C(C)C)c1ccccc1. The first kappa shape index (κ1) is 16.7. The molecule has 2 rings (SSSR count). The first-order valence-corrected chi connectivity index (χ1v) is 8.62. The van der Waals surface area contributed by atoms with Crippen LogP contribution in [0.4, 0.5) is 0 Å². The summed E-state index contributed by atoms with van der Waals surface area (Å²) in [6, 6.07) is 13.9. The van der Waals surface area contributed by atoms with Gasteiger partial charge in [0, 0.05) is 0 Å². The quantitative estimate of drug-likeness (QED) is 0.822. The summed E-state index contributed by atoms with van der Waals surface area (Å²) in [6.07, 6.45) is 1.66. The lowest BCUT2D eigenvalue weighted by Gasteiger charge is -2.22. The Kier molecular flexibility index (Phi) is 6.13. The predicted octanol–water partition coefficient (Wildman–Crippen LogP) is 4.41. The van der Waals surface area contributed by atoms with Gasteiger partial charge < -0.3 is 9.73 Å². The van der Waals surface area contributed by atoms with Gasteiger partial charge in [0.25, 0.3) is 0 Å². The van der Waals surface area contributed by atoms with Gasteiger partial charge in [0.05, 0.1) is 23.3 Å². The number of nitrogens with one attached hydrogen (secondary N) is 1. The first-order chi connectivity index (χ1) is 10.6. The van der Waals surface area contributed by atoms with Crippen molar-refractivity contribution >= 4 is 17.7 Å². The third kappa shape index (κ3) is 4.67. The second-order valence-electron chi connectivity index (χ2n) is 5.70. The zero-order valence-corrected chi connectivity index (χ0v) is 14.1. The van der Waals surface area contributed by atoms with Crippen LogP contribution in [-0.2, 0) is 10.5 Å². The van der Waals surface area contributed by atoms with Crippen molar-refractivity contribution in [1.29, 1.82) is 0 Å². The molecule has 1 aromatic carbocycles. The van der Waals surface area contributed by atoms with Crippen LogP contribution in [0.2, 0.25) is 0 Å². The zero-order valence-electron chi connectivity index (χ0n) is 13.3. The minimum absolute atomic E-state index is 0.0131. The highest BCUT2D eigenvalue weighted by Crippen LogP contribution is 2.25. The van der Waals surface area contributed by atoms with Gasteiger partial charge in [-0.2, -0.15) is 0 Å². The van der Waals surface area contributed by atoms with Crippen LogP contribution in [-0.4, -0.2) is 11.2 Å². The Labute approximate surface area is 136 Å². The molecule has 2 atom stereocenters. The highest BCUT2D eigenvalue weighted by Gasteiger charge is 2.24. The lowest BCUT2D eigenvalue weighted by Crippen LogP contribution is -2.37. The summed E-state index contributed by atoms with van der Waals surface area (Å²) in [4.78, 5) is 12.6. The number of furan rings is 1. The van der Waals surface area contributed by atoms with E-state index in [1.807, 2.05) is 49.4 Å².